The quantitative estimate of drug-likeness (QED) is 0.806. The van der Waals surface area contributed by atoms with Gasteiger partial charge in [0.2, 0.25) is 0 Å². The fourth-order valence-electron chi connectivity index (χ4n) is 2.64. The van der Waals surface area contributed by atoms with Gasteiger partial charge in [-0.15, -0.1) is 0 Å². The molecule has 24 heavy (non-hydrogen) atoms. The number of hydrogen-bond donors (Lipinski definition) is 1. The lowest BCUT2D eigenvalue weighted by Gasteiger charge is -2.28. The van der Waals surface area contributed by atoms with Crippen LogP contribution >= 0.6 is 0 Å². The number of benzene rings is 1. The molecule has 132 valence electrons. The molecule has 0 aliphatic carbocycles. The van der Waals surface area contributed by atoms with Gasteiger partial charge in [0.1, 0.15) is 5.82 Å². The van der Waals surface area contributed by atoms with Crippen LogP contribution in [-0.2, 0) is 14.6 Å². The van der Waals surface area contributed by atoms with E-state index in [-0.39, 0.29) is 42.2 Å². The number of carbonyl (C=O) groups is 2. The van der Waals surface area contributed by atoms with E-state index >= 15 is 0 Å². The normalized spacial score (nSPS) is 19.2. The Bertz CT molecular complexity index is 748. The predicted octanol–water partition coefficient (Wildman–Crippen LogP) is 0.800. The smallest absolute Gasteiger partial charge is 0.335 e. The summed E-state index contributed by atoms with van der Waals surface area (Å²) in [6.45, 7) is 0.298. The van der Waals surface area contributed by atoms with Crippen molar-refractivity contribution in [1.29, 1.82) is 0 Å². The number of carbonyl (C=O) groups excluding carboxylic acids is 1. The summed E-state index contributed by atoms with van der Waals surface area (Å²) in [5, 5.41) is 8.85. The van der Waals surface area contributed by atoms with Gasteiger partial charge >= 0.3 is 5.97 Å². The topological polar surface area (TPSA) is 101 Å². The number of rotatable bonds is 6. The first-order valence-corrected chi connectivity index (χ1v) is 9.10. The number of hydrogen-bond acceptors (Lipinski definition) is 5. The van der Waals surface area contributed by atoms with Crippen LogP contribution in [0.15, 0.2) is 18.2 Å². The predicted molar refractivity (Wildman–Crippen MR) is 83.3 cm³/mol. The lowest BCUT2D eigenvalue weighted by Crippen LogP contribution is -2.43. The molecule has 2 rings (SSSR count). The number of sulfone groups is 1. The number of carboxylic acid groups (broad SMARTS) is 1. The maximum Gasteiger partial charge on any atom is 0.335 e. The highest BCUT2D eigenvalue weighted by molar-refractivity contribution is 7.91. The molecule has 1 heterocycles. The average molecular weight is 359 g/mol. The summed E-state index contributed by atoms with van der Waals surface area (Å²) in [5.41, 5.74) is -0.559. The van der Waals surface area contributed by atoms with Crippen molar-refractivity contribution in [3.63, 3.8) is 0 Å². The molecular formula is C15H18FNO6S. The van der Waals surface area contributed by atoms with Crippen LogP contribution in [0.2, 0.25) is 0 Å². The van der Waals surface area contributed by atoms with Crippen LogP contribution in [0.1, 0.15) is 27.1 Å². The van der Waals surface area contributed by atoms with Gasteiger partial charge < -0.3 is 14.7 Å². The van der Waals surface area contributed by atoms with Crippen LogP contribution in [0.25, 0.3) is 0 Å². The van der Waals surface area contributed by atoms with Crippen molar-refractivity contribution in [1.82, 2.24) is 4.90 Å². The summed E-state index contributed by atoms with van der Waals surface area (Å²) in [5.74, 6) is -3.12. The lowest BCUT2D eigenvalue weighted by atomic mass is 10.1. The second kappa shape index (κ2) is 7.27. The molecule has 9 heteroatoms. The highest BCUT2D eigenvalue weighted by atomic mass is 32.2. The molecular weight excluding hydrogens is 341 g/mol. The van der Waals surface area contributed by atoms with Crippen LogP contribution in [0.3, 0.4) is 0 Å². The van der Waals surface area contributed by atoms with Crippen LogP contribution < -0.4 is 0 Å². The second-order valence-corrected chi connectivity index (χ2v) is 7.78. The van der Waals surface area contributed by atoms with Crippen LogP contribution in [-0.4, -0.2) is 68.1 Å². The maximum atomic E-state index is 14.1. The van der Waals surface area contributed by atoms with Gasteiger partial charge in [-0.25, -0.2) is 17.6 Å². The van der Waals surface area contributed by atoms with Gasteiger partial charge in [0.15, 0.2) is 9.84 Å². The number of halogens is 1. The van der Waals surface area contributed by atoms with Crippen molar-refractivity contribution in [2.24, 2.45) is 0 Å². The summed E-state index contributed by atoms with van der Waals surface area (Å²) in [4.78, 5) is 24.8. The molecule has 1 saturated heterocycles. The maximum absolute atomic E-state index is 14.1. The largest absolute Gasteiger partial charge is 0.478 e. The number of aromatic carboxylic acids is 1. The molecule has 1 aromatic carbocycles. The summed E-state index contributed by atoms with van der Waals surface area (Å²) in [6, 6.07) is 2.47. The van der Waals surface area contributed by atoms with Crippen molar-refractivity contribution < 1.29 is 32.2 Å². The first-order chi connectivity index (χ1) is 11.2. The summed E-state index contributed by atoms with van der Waals surface area (Å²) >= 11 is 0. The summed E-state index contributed by atoms with van der Waals surface area (Å²) in [7, 11) is -1.77. The molecule has 1 amide bonds. The van der Waals surface area contributed by atoms with Crippen molar-refractivity contribution in [3.05, 3.63) is 35.1 Å². The second-order valence-electron chi connectivity index (χ2n) is 5.55. The van der Waals surface area contributed by atoms with Crippen LogP contribution in [0.4, 0.5) is 4.39 Å². The number of amides is 1. The Balaban J connectivity index is 2.29. The molecule has 1 aliphatic heterocycles. The number of carboxylic acids is 1. The molecule has 1 unspecified atom stereocenters. The molecule has 1 atom stereocenters. The van der Waals surface area contributed by atoms with Crippen molar-refractivity contribution in [3.8, 4) is 0 Å². The molecule has 7 nitrogen and oxygen atoms in total. The van der Waals surface area contributed by atoms with Gasteiger partial charge in [0.05, 0.1) is 29.2 Å². The third kappa shape index (κ3) is 4.09. The minimum absolute atomic E-state index is 0.0190. The molecule has 0 saturated carbocycles. The molecule has 0 spiro atoms. The average Bonchev–Trinajstić information content (AvgIpc) is 2.87. The SMILES string of the molecule is COCCN(C(=O)c1ccc(C(=O)O)cc1F)C1CCS(=O)(=O)C1. The van der Waals surface area contributed by atoms with E-state index in [0.717, 1.165) is 18.2 Å². The van der Waals surface area contributed by atoms with E-state index in [2.05, 4.69) is 0 Å². The Morgan fingerprint density at radius 3 is 2.62 bits per heavy atom. The van der Waals surface area contributed by atoms with Gasteiger partial charge in [-0.3, -0.25) is 4.79 Å². The van der Waals surface area contributed by atoms with E-state index < -0.39 is 33.6 Å². The minimum atomic E-state index is -3.22. The minimum Gasteiger partial charge on any atom is -0.478 e. The highest BCUT2D eigenvalue weighted by Crippen LogP contribution is 2.21. The van der Waals surface area contributed by atoms with Crippen molar-refractivity contribution >= 4 is 21.7 Å². The summed E-state index contributed by atoms with van der Waals surface area (Å²) in [6.07, 6.45) is 0.284. The zero-order valence-electron chi connectivity index (χ0n) is 13.1. The first-order valence-electron chi connectivity index (χ1n) is 7.28. The molecule has 1 N–H and O–H groups in total. The fraction of sp³-hybridized carbons (Fsp3) is 0.467. The monoisotopic (exact) mass is 359 g/mol. The van der Waals surface area contributed by atoms with E-state index in [1.807, 2.05) is 0 Å². The molecule has 1 aromatic rings. The van der Waals surface area contributed by atoms with Gasteiger partial charge in [-0.1, -0.05) is 0 Å². The lowest BCUT2D eigenvalue weighted by molar-refractivity contribution is 0.0617. The summed E-state index contributed by atoms with van der Waals surface area (Å²) < 4.78 is 42.4. The van der Waals surface area contributed by atoms with Crippen molar-refractivity contribution in [2.75, 3.05) is 31.8 Å². The van der Waals surface area contributed by atoms with Crippen LogP contribution in [0, 0.1) is 5.82 Å². The van der Waals surface area contributed by atoms with Crippen LogP contribution in [0.5, 0.6) is 0 Å². The van der Waals surface area contributed by atoms with E-state index in [9.17, 15) is 22.4 Å². The molecule has 0 radical (unpaired) electrons. The fourth-order valence-corrected chi connectivity index (χ4v) is 4.37. The standard InChI is InChI=1S/C15H18FNO6S/c1-23-6-5-17(11-4-7-24(21,22)9-11)14(18)12-3-2-10(15(19)20)8-13(12)16/h2-3,8,11H,4-7,9H2,1H3,(H,19,20). The third-order valence-electron chi connectivity index (χ3n) is 3.89. The van der Waals surface area contributed by atoms with Gasteiger partial charge in [-0.05, 0) is 24.6 Å². The Morgan fingerprint density at radius 1 is 1.42 bits per heavy atom. The van der Waals surface area contributed by atoms with E-state index in [1.165, 1.54) is 12.0 Å². The highest BCUT2D eigenvalue weighted by Gasteiger charge is 2.35. The van der Waals surface area contributed by atoms with Gasteiger partial charge in [0, 0.05) is 19.7 Å². The Kier molecular flexibility index (Phi) is 5.55. The Labute approximate surface area is 138 Å². The van der Waals surface area contributed by atoms with E-state index in [1.54, 1.807) is 0 Å². The molecule has 0 aromatic heterocycles. The van der Waals surface area contributed by atoms with Gasteiger partial charge in [-0.2, -0.15) is 0 Å². The zero-order valence-corrected chi connectivity index (χ0v) is 13.9. The number of ether oxygens (including phenoxy) is 1. The van der Waals surface area contributed by atoms with E-state index in [0.29, 0.717) is 0 Å². The van der Waals surface area contributed by atoms with Gasteiger partial charge in [0.25, 0.3) is 5.91 Å². The number of methoxy groups -OCH3 is 1. The third-order valence-corrected chi connectivity index (χ3v) is 5.64. The Morgan fingerprint density at radius 2 is 2.12 bits per heavy atom. The molecule has 1 fully saturated rings. The first kappa shape index (κ1) is 18.3. The molecule has 0 bridgehead atoms. The number of nitrogens with zero attached hydrogens (tertiary/aromatic N) is 1. The zero-order chi connectivity index (χ0) is 17.9. The molecule has 1 aliphatic rings. The Hall–Kier alpha value is -2.00. The van der Waals surface area contributed by atoms with E-state index in [4.69, 9.17) is 9.84 Å². The van der Waals surface area contributed by atoms with Crippen molar-refractivity contribution in [2.45, 2.75) is 12.5 Å².